The molecule has 0 bridgehead atoms. The van der Waals surface area contributed by atoms with Crippen LogP contribution < -0.4 is 15.5 Å². The summed E-state index contributed by atoms with van der Waals surface area (Å²) in [5.74, 6) is 1.46. The Morgan fingerprint density at radius 2 is 2.36 bits per heavy atom. The number of nitrogens with one attached hydrogen (secondary N) is 2. The smallest absolute Gasteiger partial charge is 0.237 e. The molecule has 1 aromatic heterocycles. The lowest BCUT2D eigenvalue weighted by atomic mass is 9.97. The predicted octanol–water partition coefficient (Wildman–Crippen LogP) is 1.82. The molecule has 1 amide bonds. The molecule has 2 fully saturated rings. The van der Waals surface area contributed by atoms with E-state index in [1.807, 2.05) is 12.1 Å². The number of carbonyl (C=O) groups is 1. The third kappa shape index (κ3) is 3.70. The summed E-state index contributed by atoms with van der Waals surface area (Å²) >= 11 is 6.24. The second-order valence-corrected chi connectivity index (χ2v) is 6.56. The summed E-state index contributed by atoms with van der Waals surface area (Å²) in [6.07, 6.45) is 6.06. The van der Waals surface area contributed by atoms with Crippen molar-refractivity contribution in [2.45, 2.75) is 31.7 Å². The molecule has 0 aromatic carbocycles. The first kappa shape index (κ1) is 15.6. The number of rotatable bonds is 4. The molecule has 22 heavy (non-hydrogen) atoms. The zero-order valence-electron chi connectivity index (χ0n) is 12.7. The maximum Gasteiger partial charge on any atom is 0.237 e. The van der Waals surface area contributed by atoms with E-state index < -0.39 is 0 Å². The van der Waals surface area contributed by atoms with Crippen molar-refractivity contribution in [3.63, 3.8) is 0 Å². The molecule has 1 aromatic rings. The molecule has 0 spiro atoms. The summed E-state index contributed by atoms with van der Waals surface area (Å²) in [6, 6.07) is 3.73. The fraction of sp³-hybridized carbons (Fsp3) is 0.625. The number of nitrogens with zero attached hydrogens (tertiary/aromatic N) is 2. The lowest BCUT2D eigenvalue weighted by molar-refractivity contribution is -0.122. The van der Waals surface area contributed by atoms with Crippen molar-refractivity contribution in [3.05, 3.63) is 23.4 Å². The third-order valence-electron chi connectivity index (χ3n) is 4.50. The highest BCUT2D eigenvalue weighted by Gasteiger charge is 2.25. The van der Waals surface area contributed by atoms with Gasteiger partial charge in [-0.15, -0.1) is 0 Å². The zero-order valence-corrected chi connectivity index (χ0v) is 13.5. The van der Waals surface area contributed by atoms with E-state index in [0.717, 1.165) is 57.7 Å². The van der Waals surface area contributed by atoms with Gasteiger partial charge in [-0.2, -0.15) is 0 Å². The molecule has 0 aliphatic carbocycles. The van der Waals surface area contributed by atoms with Crippen LogP contribution in [0.25, 0.3) is 0 Å². The largest absolute Gasteiger partial charge is 0.355 e. The number of hydrogen-bond donors (Lipinski definition) is 2. The molecule has 3 heterocycles. The van der Waals surface area contributed by atoms with Gasteiger partial charge in [0.05, 0.1) is 11.1 Å². The monoisotopic (exact) mass is 322 g/mol. The fourth-order valence-electron chi connectivity index (χ4n) is 3.31. The molecule has 0 radical (unpaired) electrons. The number of carbonyl (C=O) groups excluding carboxylic acids is 1. The standard InChI is InChI=1S/C16H23ClN4O/c17-13-5-1-8-19-15(13)21-9-3-4-12(11-21)10-20-16(22)14-6-2-7-18-14/h1,5,8,12,14,18H,2-4,6-7,9-11H2,(H,20,22). The van der Waals surface area contributed by atoms with Crippen LogP contribution >= 0.6 is 11.6 Å². The van der Waals surface area contributed by atoms with Gasteiger partial charge in [0, 0.05) is 25.8 Å². The van der Waals surface area contributed by atoms with Crippen LogP contribution in [-0.2, 0) is 4.79 Å². The fourth-order valence-corrected chi connectivity index (χ4v) is 3.55. The molecular formula is C16H23ClN4O. The van der Waals surface area contributed by atoms with Gasteiger partial charge in [-0.05, 0) is 50.3 Å². The van der Waals surface area contributed by atoms with Crippen molar-refractivity contribution in [1.29, 1.82) is 0 Å². The lowest BCUT2D eigenvalue weighted by Gasteiger charge is -2.34. The van der Waals surface area contributed by atoms with Gasteiger partial charge in [-0.3, -0.25) is 4.79 Å². The second kappa shape index (κ2) is 7.29. The van der Waals surface area contributed by atoms with Crippen molar-refractivity contribution in [2.75, 3.05) is 31.1 Å². The quantitative estimate of drug-likeness (QED) is 0.888. The molecule has 2 saturated heterocycles. The molecule has 120 valence electrons. The van der Waals surface area contributed by atoms with Crippen LogP contribution in [-0.4, -0.2) is 43.1 Å². The molecule has 2 atom stereocenters. The summed E-state index contributed by atoms with van der Waals surface area (Å²) in [4.78, 5) is 18.7. The summed E-state index contributed by atoms with van der Waals surface area (Å²) in [7, 11) is 0. The second-order valence-electron chi connectivity index (χ2n) is 6.16. The van der Waals surface area contributed by atoms with Crippen LogP contribution in [0.15, 0.2) is 18.3 Å². The number of anilines is 1. The molecule has 2 N–H and O–H groups in total. The number of pyridine rings is 1. The Hall–Kier alpha value is -1.33. The van der Waals surface area contributed by atoms with E-state index in [-0.39, 0.29) is 11.9 Å². The minimum absolute atomic E-state index is 0.00456. The predicted molar refractivity (Wildman–Crippen MR) is 88.2 cm³/mol. The minimum Gasteiger partial charge on any atom is -0.355 e. The summed E-state index contributed by atoms with van der Waals surface area (Å²) in [6.45, 7) is 3.56. The summed E-state index contributed by atoms with van der Waals surface area (Å²) < 4.78 is 0. The van der Waals surface area contributed by atoms with Gasteiger partial charge in [-0.1, -0.05) is 11.6 Å². The highest BCUT2D eigenvalue weighted by atomic mass is 35.5. The van der Waals surface area contributed by atoms with Crippen molar-refractivity contribution < 1.29 is 4.79 Å². The summed E-state index contributed by atoms with van der Waals surface area (Å²) in [5, 5.41) is 7.03. The molecule has 6 heteroatoms. The van der Waals surface area contributed by atoms with Gasteiger partial charge in [-0.25, -0.2) is 4.98 Å². The topological polar surface area (TPSA) is 57.3 Å². The molecular weight excluding hydrogens is 300 g/mol. The van der Waals surface area contributed by atoms with Gasteiger partial charge in [0.15, 0.2) is 0 Å². The average molecular weight is 323 g/mol. The van der Waals surface area contributed by atoms with Crippen molar-refractivity contribution in [2.24, 2.45) is 5.92 Å². The maximum absolute atomic E-state index is 12.1. The van der Waals surface area contributed by atoms with Crippen LogP contribution in [0.3, 0.4) is 0 Å². The van der Waals surface area contributed by atoms with E-state index in [4.69, 9.17) is 11.6 Å². The van der Waals surface area contributed by atoms with Crippen molar-refractivity contribution in [1.82, 2.24) is 15.6 Å². The molecule has 5 nitrogen and oxygen atoms in total. The zero-order chi connectivity index (χ0) is 15.4. The van der Waals surface area contributed by atoms with Gasteiger partial charge >= 0.3 is 0 Å². The maximum atomic E-state index is 12.1. The number of aromatic nitrogens is 1. The average Bonchev–Trinajstić information content (AvgIpc) is 3.08. The SMILES string of the molecule is O=C(NCC1CCCN(c2ncccc2Cl)C1)C1CCCN1. The highest BCUT2D eigenvalue weighted by Crippen LogP contribution is 2.27. The van der Waals surface area contributed by atoms with E-state index in [1.54, 1.807) is 6.20 Å². The molecule has 2 aliphatic heterocycles. The number of amides is 1. The molecule has 2 aliphatic rings. The van der Waals surface area contributed by atoms with Gasteiger partial charge in [0.25, 0.3) is 0 Å². The minimum atomic E-state index is 0.00456. The van der Waals surface area contributed by atoms with Gasteiger partial charge < -0.3 is 15.5 Å². The van der Waals surface area contributed by atoms with E-state index in [2.05, 4.69) is 20.5 Å². The molecule has 2 unspecified atom stereocenters. The van der Waals surface area contributed by atoms with E-state index in [1.165, 1.54) is 0 Å². The number of hydrogen-bond acceptors (Lipinski definition) is 4. The first-order valence-electron chi connectivity index (χ1n) is 8.10. The number of halogens is 1. The van der Waals surface area contributed by atoms with E-state index in [0.29, 0.717) is 10.9 Å². The van der Waals surface area contributed by atoms with Crippen LogP contribution in [0.4, 0.5) is 5.82 Å². The first-order chi connectivity index (χ1) is 10.7. The first-order valence-corrected chi connectivity index (χ1v) is 8.48. The number of piperidine rings is 1. The lowest BCUT2D eigenvalue weighted by Crippen LogP contribution is -2.45. The Morgan fingerprint density at radius 1 is 1.45 bits per heavy atom. The van der Waals surface area contributed by atoms with E-state index >= 15 is 0 Å². The highest BCUT2D eigenvalue weighted by molar-refractivity contribution is 6.32. The molecule has 0 saturated carbocycles. The summed E-state index contributed by atoms with van der Waals surface area (Å²) in [5.41, 5.74) is 0. The van der Waals surface area contributed by atoms with Crippen LogP contribution in [0.1, 0.15) is 25.7 Å². The van der Waals surface area contributed by atoms with E-state index in [9.17, 15) is 4.79 Å². The van der Waals surface area contributed by atoms with Gasteiger partial charge in [0.1, 0.15) is 5.82 Å². The Labute approximate surface area is 136 Å². The van der Waals surface area contributed by atoms with Gasteiger partial charge in [0.2, 0.25) is 5.91 Å². The van der Waals surface area contributed by atoms with Crippen molar-refractivity contribution >= 4 is 23.3 Å². The van der Waals surface area contributed by atoms with Crippen molar-refractivity contribution in [3.8, 4) is 0 Å². The Balaban J connectivity index is 1.52. The Bertz CT molecular complexity index is 519. The van der Waals surface area contributed by atoms with Crippen LogP contribution in [0.2, 0.25) is 5.02 Å². The Morgan fingerprint density at radius 3 is 3.14 bits per heavy atom. The Kier molecular flexibility index (Phi) is 5.16. The molecule has 3 rings (SSSR count). The normalized spacial score (nSPS) is 25.2. The van der Waals surface area contributed by atoms with Crippen LogP contribution in [0.5, 0.6) is 0 Å². The third-order valence-corrected chi connectivity index (χ3v) is 4.79. The van der Waals surface area contributed by atoms with Crippen LogP contribution in [0, 0.1) is 5.92 Å².